The molecule has 0 bridgehead atoms. The van der Waals surface area contributed by atoms with Gasteiger partial charge in [0, 0.05) is 23.3 Å². The fraction of sp³-hybridized carbons (Fsp3) is 0.250. The summed E-state index contributed by atoms with van der Waals surface area (Å²) in [4.78, 5) is 35.5. The van der Waals surface area contributed by atoms with Crippen molar-refractivity contribution in [3.63, 3.8) is 0 Å². The van der Waals surface area contributed by atoms with Crippen molar-refractivity contribution < 1.29 is 28.9 Å². The zero-order chi connectivity index (χ0) is 25.2. The minimum absolute atomic E-state index is 0.122. The summed E-state index contributed by atoms with van der Waals surface area (Å²) in [6, 6.07) is 14.9. The van der Waals surface area contributed by atoms with E-state index in [4.69, 9.17) is 25.8 Å². The highest BCUT2D eigenvalue weighted by molar-refractivity contribution is 6.30. The van der Waals surface area contributed by atoms with Crippen molar-refractivity contribution >= 4 is 29.2 Å². The van der Waals surface area contributed by atoms with E-state index in [-0.39, 0.29) is 30.2 Å². The van der Waals surface area contributed by atoms with Crippen LogP contribution in [0.25, 0.3) is 0 Å². The number of aromatic nitrogens is 2. The molecular formula is C24H23ClN4O6. The van der Waals surface area contributed by atoms with Crippen LogP contribution >= 0.6 is 11.6 Å². The molecule has 2 atom stereocenters. The van der Waals surface area contributed by atoms with Crippen molar-refractivity contribution in [1.82, 2.24) is 15.3 Å². The van der Waals surface area contributed by atoms with Crippen LogP contribution in [0.15, 0.2) is 54.6 Å². The minimum Gasteiger partial charge on any atom is -0.481 e. The molecule has 3 aromatic rings. The molecule has 4 rings (SSSR count). The fourth-order valence-corrected chi connectivity index (χ4v) is 4.27. The number of hydrogen-bond donors (Lipinski definition) is 2. The topological polar surface area (TPSA) is 123 Å². The summed E-state index contributed by atoms with van der Waals surface area (Å²) in [5.41, 5.74) is -0.110. The van der Waals surface area contributed by atoms with Crippen LogP contribution in [0.4, 0.5) is 5.69 Å². The molecule has 2 N–H and O–H groups in total. The van der Waals surface area contributed by atoms with Gasteiger partial charge in [-0.1, -0.05) is 41.9 Å². The predicted octanol–water partition coefficient (Wildman–Crippen LogP) is 2.49. The summed E-state index contributed by atoms with van der Waals surface area (Å²) in [6.07, 6.45) is -1.64. The number of aliphatic carboxylic acids is 1. The Kier molecular flexibility index (Phi) is 6.77. The molecule has 1 unspecified atom stereocenters. The zero-order valence-electron chi connectivity index (χ0n) is 19.2. The number of carboxylic acids is 1. The lowest BCUT2D eigenvalue weighted by molar-refractivity contribution is -0.149. The van der Waals surface area contributed by atoms with Gasteiger partial charge in [-0.2, -0.15) is 9.97 Å². The van der Waals surface area contributed by atoms with Gasteiger partial charge in [0.15, 0.2) is 0 Å². The van der Waals surface area contributed by atoms with Crippen LogP contribution in [0.3, 0.4) is 0 Å². The van der Waals surface area contributed by atoms with Crippen molar-refractivity contribution in [2.75, 3.05) is 32.7 Å². The highest BCUT2D eigenvalue weighted by Crippen LogP contribution is 2.43. The number of carbonyl (C=O) groups is 2. The molecule has 35 heavy (non-hydrogen) atoms. The first-order chi connectivity index (χ1) is 16.8. The molecular weight excluding hydrogens is 476 g/mol. The van der Waals surface area contributed by atoms with E-state index in [1.54, 1.807) is 55.6 Å². The number of nitrogens with zero attached hydrogens (tertiary/aromatic N) is 3. The number of methoxy groups -OCH3 is 2. The fourth-order valence-electron chi connectivity index (χ4n) is 4.10. The van der Waals surface area contributed by atoms with Crippen LogP contribution in [0.5, 0.6) is 17.8 Å². The smallest absolute Gasteiger partial charge is 0.347 e. The Hall–Kier alpha value is -3.89. The molecule has 10 nitrogen and oxygen atoms in total. The first-order valence-electron chi connectivity index (χ1n) is 10.5. The third-order valence-electron chi connectivity index (χ3n) is 5.78. The summed E-state index contributed by atoms with van der Waals surface area (Å²) in [7, 11) is 4.42. The maximum absolute atomic E-state index is 12.9. The number of rotatable bonds is 7. The number of amides is 1. The predicted molar refractivity (Wildman–Crippen MR) is 127 cm³/mol. The molecule has 2 aromatic carbocycles. The number of ether oxygens (including phenoxy) is 3. The Balaban J connectivity index is 1.99. The van der Waals surface area contributed by atoms with Gasteiger partial charge in [-0.15, -0.1) is 0 Å². The first kappa shape index (κ1) is 24.2. The van der Waals surface area contributed by atoms with Gasteiger partial charge < -0.3 is 24.2 Å². The molecule has 11 heteroatoms. The SMILES string of the molecule is COc1cc(OC)nc(OC(C(=O)O)[C@@]2(c3ccccc3)NCC(=O)N(C)c3ccc(Cl)cc32)n1. The molecule has 1 aromatic heterocycles. The third-order valence-corrected chi connectivity index (χ3v) is 6.02. The summed E-state index contributed by atoms with van der Waals surface area (Å²) >= 11 is 6.38. The van der Waals surface area contributed by atoms with E-state index >= 15 is 0 Å². The summed E-state index contributed by atoms with van der Waals surface area (Å²) in [6.45, 7) is -0.173. The highest BCUT2D eigenvalue weighted by Gasteiger charge is 2.52. The number of carbonyl (C=O) groups excluding carboxylic acids is 1. The normalized spacial score (nSPS) is 18.3. The highest BCUT2D eigenvalue weighted by atomic mass is 35.5. The Labute approximate surface area is 206 Å². The summed E-state index contributed by atoms with van der Waals surface area (Å²) in [5, 5.41) is 14.0. The van der Waals surface area contributed by atoms with Crippen molar-refractivity contribution in [2.24, 2.45) is 0 Å². The quantitative estimate of drug-likeness (QED) is 0.505. The van der Waals surface area contributed by atoms with Gasteiger partial charge in [-0.25, -0.2) is 4.79 Å². The van der Waals surface area contributed by atoms with E-state index in [1.807, 2.05) is 0 Å². The number of benzene rings is 2. The monoisotopic (exact) mass is 498 g/mol. The van der Waals surface area contributed by atoms with Crippen LogP contribution in [-0.2, 0) is 15.1 Å². The lowest BCUT2D eigenvalue weighted by atomic mass is 9.77. The molecule has 0 spiro atoms. The Morgan fingerprint density at radius 3 is 2.37 bits per heavy atom. The second-order valence-corrected chi connectivity index (χ2v) is 8.15. The van der Waals surface area contributed by atoms with Gasteiger partial charge in [0.25, 0.3) is 0 Å². The number of halogens is 1. The lowest BCUT2D eigenvalue weighted by Crippen LogP contribution is -2.58. The first-order valence-corrected chi connectivity index (χ1v) is 10.9. The molecule has 1 aliphatic heterocycles. The molecule has 0 saturated carbocycles. The number of likely N-dealkylation sites (N-methyl/N-ethyl adjacent to an activating group) is 1. The third kappa shape index (κ3) is 4.45. The van der Waals surface area contributed by atoms with Crippen LogP contribution in [0.2, 0.25) is 5.02 Å². The van der Waals surface area contributed by atoms with Crippen LogP contribution in [0.1, 0.15) is 11.1 Å². The number of carboxylic acid groups (broad SMARTS) is 1. The Morgan fingerprint density at radius 1 is 1.11 bits per heavy atom. The number of hydrogen-bond acceptors (Lipinski definition) is 8. The standard InChI is InChI=1S/C24H23ClN4O6/c1-29-17-10-9-15(25)11-16(17)24(26-13-20(29)30,14-7-5-4-6-8-14)21(22(31)32)35-23-27-18(33-2)12-19(28-23)34-3/h4-12,21,26H,13H2,1-3H3,(H,31,32)/t21?,24-/m0/s1. The lowest BCUT2D eigenvalue weighted by Gasteiger charge is -2.39. The molecule has 182 valence electrons. The van der Waals surface area contributed by atoms with Crippen molar-refractivity contribution in [1.29, 1.82) is 0 Å². The van der Waals surface area contributed by atoms with Gasteiger partial charge >= 0.3 is 12.0 Å². The minimum atomic E-state index is -1.64. The Morgan fingerprint density at radius 2 is 1.77 bits per heavy atom. The van der Waals surface area contributed by atoms with Crippen LogP contribution < -0.4 is 24.4 Å². The second-order valence-electron chi connectivity index (χ2n) is 7.71. The molecule has 0 aliphatic carbocycles. The van der Waals surface area contributed by atoms with Gasteiger partial charge in [-0.05, 0) is 23.8 Å². The van der Waals surface area contributed by atoms with Gasteiger partial charge in [-0.3, -0.25) is 10.1 Å². The van der Waals surface area contributed by atoms with Crippen molar-refractivity contribution in [3.05, 3.63) is 70.7 Å². The Bertz CT molecular complexity index is 1240. The van der Waals surface area contributed by atoms with Gasteiger partial charge in [0.05, 0.1) is 26.8 Å². The average Bonchev–Trinajstić information content (AvgIpc) is 2.97. The summed E-state index contributed by atoms with van der Waals surface area (Å²) < 4.78 is 16.3. The second kappa shape index (κ2) is 9.77. The van der Waals surface area contributed by atoms with Gasteiger partial charge in [0.1, 0.15) is 5.54 Å². The molecule has 0 radical (unpaired) electrons. The van der Waals surface area contributed by atoms with E-state index in [0.29, 0.717) is 21.8 Å². The number of nitrogens with one attached hydrogen (secondary N) is 1. The zero-order valence-corrected chi connectivity index (χ0v) is 19.9. The van der Waals surface area contributed by atoms with Gasteiger partial charge in [0.2, 0.25) is 23.8 Å². The molecule has 1 amide bonds. The van der Waals surface area contributed by atoms with E-state index < -0.39 is 17.6 Å². The van der Waals surface area contributed by atoms with Crippen LogP contribution in [0, 0.1) is 0 Å². The van der Waals surface area contributed by atoms with Crippen LogP contribution in [-0.4, -0.2) is 60.9 Å². The average molecular weight is 499 g/mol. The molecule has 0 fully saturated rings. The van der Waals surface area contributed by atoms with E-state index in [2.05, 4.69) is 15.3 Å². The number of anilines is 1. The largest absolute Gasteiger partial charge is 0.481 e. The molecule has 0 saturated heterocycles. The molecule has 2 heterocycles. The van der Waals surface area contributed by atoms with Crippen molar-refractivity contribution in [3.8, 4) is 17.8 Å². The van der Waals surface area contributed by atoms with Crippen molar-refractivity contribution in [2.45, 2.75) is 11.6 Å². The van der Waals surface area contributed by atoms with E-state index in [9.17, 15) is 14.7 Å². The number of fused-ring (bicyclic) bond motifs is 1. The van der Waals surface area contributed by atoms with E-state index in [0.717, 1.165) is 0 Å². The maximum atomic E-state index is 12.9. The molecule has 1 aliphatic rings. The summed E-state index contributed by atoms with van der Waals surface area (Å²) in [5.74, 6) is -1.35. The van der Waals surface area contributed by atoms with E-state index in [1.165, 1.54) is 25.2 Å². The maximum Gasteiger partial charge on any atom is 0.347 e.